The van der Waals surface area contributed by atoms with Gasteiger partial charge >= 0.3 is 0 Å². The monoisotopic (exact) mass is 510 g/mol. The number of hydrogen-bond acceptors (Lipinski definition) is 3. The lowest BCUT2D eigenvalue weighted by atomic mass is 10.1. The van der Waals surface area contributed by atoms with Gasteiger partial charge in [0, 0.05) is 19.2 Å². The van der Waals surface area contributed by atoms with Crippen LogP contribution in [0, 0.1) is 5.92 Å². The van der Waals surface area contributed by atoms with Crippen LogP contribution in [0.2, 0.25) is 0 Å². The summed E-state index contributed by atoms with van der Waals surface area (Å²) in [6.07, 6.45) is 0. The Hall–Kier alpha value is -2.29. The predicted molar refractivity (Wildman–Crippen MR) is 129 cm³/mol. The maximum atomic E-state index is 11.3. The molecule has 0 aromatic heterocycles. The lowest BCUT2D eigenvalue weighted by molar-refractivity contribution is 0.1000. The fraction of sp³-hybridized carbons (Fsp3) is 0.364. The average molecular weight is 510 g/mol. The Bertz CT molecular complexity index is 807. The van der Waals surface area contributed by atoms with Crippen molar-refractivity contribution >= 4 is 35.8 Å². The molecule has 0 saturated carbocycles. The summed E-state index contributed by atoms with van der Waals surface area (Å²) in [5, 5.41) is 6.63. The van der Waals surface area contributed by atoms with Gasteiger partial charge in [-0.3, -0.25) is 9.79 Å². The molecule has 1 atom stereocenters. The number of rotatable bonds is 8. The van der Waals surface area contributed by atoms with E-state index in [9.17, 15) is 4.79 Å². The zero-order valence-corrected chi connectivity index (χ0v) is 19.8. The molecule has 6 nitrogen and oxygen atoms in total. The largest absolute Gasteiger partial charge is 0.493 e. The summed E-state index contributed by atoms with van der Waals surface area (Å²) in [7, 11) is 1.73. The normalized spacial score (nSPS) is 12.1. The number of halogens is 1. The average Bonchev–Trinajstić information content (AvgIpc) is 2.69. The number of benzene rings is 2. The van der Waals surface area contributed by atoms with Crippen molar-refractivity contribution in [1.29, 1.82) is 0 Å². The molecule has 0 aliphatic heterocycles. The summed E-state index contributed by atoms with van der Waals surface area (Å²) in [4.78, 5) is 15.6. The van der Waals surface area contributed by atoms with Crippen LogP contribution in [0.5, 0.6) is 5.75 Å². The number of nitrogens with zero attached hydrogens (tertiary/aromatic N) is 1. The number of amides is 1. The number of carbonyl (C=O) groups excluding carboxylic acids is 1. The fourth-order valence-electron chi connectivity index (χ4n) is 2.62. The highest BCUT2D eigenvalue weighted by Crippen LogP contribution is 2.18. The van der Waals surface area contributed by atoms with E-state index in [4.69, 9.17) is 10.5 Å². The van der Waals surface area contributed by atoms with Gasteiger partial charge in [0.1, 0.15) is 5.75 Å². The molecular formula is C22H31IN4O2. The highest BCUT2D eigenvalue weighted by Gasteiger charge is 2.09. The number of aliphatic imine (C=N–C) groups is 1. The van der Waals surface area contributed by atoms with Gasteiger partial charge in [0.15, 0.2) is 5.96 Å². The van der Waals surface area contributed by atoms with Crippen molar-refractivity contribution in [2.45, 2.75) is 33.4 Å². The van der Waals surface area contributed by atoms with Gasteiger partial charge in [0.05, 0.1) is 12.6 Å². The zero-order chi connectivity index (χ0) is 20.5. The smallest absolute Gasteiger partial charge is 0.248 e. The molecule has 7 heteroatoms. The maximum Gasteiger partial charge on any atom is 0.248 e. The van der Waals surface area contributed by atoms with Crippen LogP contribution in [0.25, 0.3) is 0 Å². The molecule has 1 amide bonds. The molecule has 0 radical (unpaired) electrons. The van der Waals surface area contributed by atoms with Gasteiger partial charge in [-0.25, -0.2) is 0 Å². The van der Waals surface area contributed by atoms with Gasteiger partial charge in [-0.05, 0) is 48.2 Å². The molecule has 0 bridgehead atoms. The number of guanidine groups is 1. The Labute approximate surface area is 190 Å². The molecule has 1 unspecified atom stereocenters. The van der Waals surface area contributed by atoms with Crippen molar-refractivity contribution in [2.24, 2.45) is 16.6 Å². The fourth-order valence-corrected chi connectivity index (χ4v) is 2.62. The van der Waals surface area contributed by atoms with Crippen LogP contribution >= 0.6 is 24.0 Å². The number of nitrogens with one attached hydrogen (secondary N) is 2. The SMILES string of the molecule is CN=C(NCc1cccc(C(N)=O)c1)NC(C)c1ccc(OCC(C)C)cc1.I. The van der Waals surface area contributed by atoms with E-state index < -0.39 is 5.91 Å². The minimum atomic E-state index is -0.432. The van der Waals surface area contributed by atoms with Gasteiger partial charge in [-0.2, -0.15) is 0 Å². The van der Waals surface area contributed by atoms with Gasteiger partial charge in [-0.1, -0.05) is 38.1 Å². The van der Waals surface area contributed by atoms with E-state index in [1.165, 1.54) is 0 Å². The van der Waals surface area contributed by atoms with Gasteiger partial charge in [-0.15, -0.1) is 24.0 Å². The molecule has 0 fully saturated rings. The molecule has 4 N–H and O–H groups in total. The number of ether oxygens (including phenoxy) is 1. The molecule has 158 valence electrons. The molecule has 0 spiro atoms. The van der Waals surface area contributed by atoms with Crippen LogP contribution in [-0.4, -0.2) is 25.5 Å². The maximum absolute atomic E-state index is 11.3. The second-order valence-electron chi connectivity index (χ2n) is 7.13. The molecule has 0 aliphatic rings. The summed E-state index contributed by atoms with van der Waals surface area (Å²) in [5.41, 5.74) is 7.92. The summed E-state index contributed by atoms with van der Waals surface area (Å²) in [6.45, 7) is 7.58. The number of carbonyl (C=O) groups is 1. The van der Waals surface area contributed by atoms with Crippen LogP contribution in [0.4, 0.5) is 0 Å². The van der Waals surface area contributed by atoms with E-state index in [1.54, 1.807) is 19.2 Å². The van der Waals surface area contributed by atoms with Gasteiger partial charge in [0.25, 0.3) is 0 Å². The number of primary amides is 1. The van der Waals surface area contributed by atoms with Crippen LogP contribution in [0.1, 0.15) is 48.3 Å². The Morgan fingerprint density at radius 1 is 1.14 bits per heavy atom. The number of nitrogens with two attached hydrogens (primary N) is 1. The molecule has 29 heavy (non-hydrogen) atoms. The van der Waals surface area contributed by atoms with Gasteiger partial charge < -0.3 is 21.1 Å². The van der Waals surface area contributed by atoms with E-state index in [2.05, 4.69) is 48.5 Å². The van der Waals surface area contributed by atoms with Crippen LogP contribution in [0.3, 0.4) is 0 Å². The van der Waals surface area contributed by atoms with E-state index in [1.807, 2.05) is 24.3 Å². The Balaban J connectivity index is 0.00000420. The first-order valence-electron chi connectivity index (χ1n) is 9.47. The van der Waals surface area contributed by atoms with Gasteiger partial charge in [0.2, 0.25) is 5.91 Å². The predicted octanol–water partition coefficient (Wildman–Crippen LogP) is 3.86. The van der Waals surface area contributed by atoms with E-state index in [0.717, 1.165) is 16.9 Å². The van der Waals surface area contributed by atoms with Crippen molar-refractivity contribution in [3.8, 4) is 5.75 Å². The van der Waals surface area contributed by atoms with Crippen molar-refractivity contribution in [3.05, 3.63) is 65.2 Å². The summed E-state index contributed by atoms with van der Waals surface area (Å²) < 4.78 is 5.73. The quantitative estimate of drug-likeness (QED) is 0.286. The Morgan fingerprint density at radius 2 is 1.83 bits per heavy atom. The second-order valence-corrected chi connectivity index (χ2v) is 7.13. The third kappa shape index (κ3) is 8.31. The van der Waals surface area contributed by atoms with Crippen LogP contribution < -0.4 is 21.1 Å². The standard InChI is InChI=1S/C22H30N4O2.HI/c1-15(2)14-28-20-10-8-18(9-11-20)16(3)26-22(24-4)25-13-17-6-5-7-19(12-17)21(23)27;/h5-12,15-16H,13-14H2,1-4H3,(H2,23,27)(H2,24,25,26);1H. The molecule has 0 saturated heterocycles. The second kappa shape index (κ2) is 12.3. The van der Waals surface area contributed by atoms with Crippen molar-refractivity contribution < 1.29 is 9.53 Å². The summed E-state index contributed by atoms with van der Waals surface area (Å²) in [6, 6.07) is 15.4. The van der Waals surface area contributed by atoms with Crippen molar-refractivity contribution in [1.82, 2.24) is 10.6 Å². The molecule has 0 aliphatic carbocycles. The molecule has 2 aromatic carbocycles. The van der Waals surface area contributed by atoms with E-state index in [0.29, 0.717) is 30.6 Å². The molecular weight excluding hydrogens is 479 g/mol. The first kappa shape index (κ1) is 24.7. The lowest BCUT2D eigenvalue weighted by Gasteiger charge is -2.19. The van der Waals surface area contributed by atoms with Crippen molar-refractivity contribution in [2.75, 3.05) is 13.7 Å². The highest BCUT2D eigenvalue weighted by molar-refractivity contribution is 14.0. The minimum absolute atomic E-state index is 0. The Kier molecular flexibility index (Phi) is 10.5. The first-order chi connectivity index (χ1) is 13.4. The summed E-state index contributed by atoms with van der Waals surface area (Å²) >= 11 is 0. The topological polar surface area (TPSA) is 88.7 Å². The lowest BCUT2D eigenvalue weighted by Crippen LogP contribution is -2.38. The third-order valence-corrected chi connectivity index (χ3v) is 4.21. The zero-order valence-electron chi connectivity index (χ0n) is 17.4. The molecule has 2 aromatic rings. The minimum Gasteiger partial charge on any atom is -0.493 e. The number of hydrogen-bond donors (Lipinski definition) is 3. The van der Waals surface area contributed by atoms with Crippen LogP contribution in [0.15, 0.2) is 53.5 Å². The Morgan fingerprint density at radius 3 is 2.41 bits per heavy atom. The molecule has 2 rings (SSSR count). The van der Waals surface area contributed by atoms with E-state index in [-0.39, 0.29) is 30.0 Å². The summed E-state index contributed by atoms with van der Waals surface area (Å²) in [5.74, 6) is 1.62. The highest BCUT2D eigenvalue weighted by atomic mass is 127. The van der Waals surface area contributed by atoms with Crippen LogP contribution in [-0.2, 0) is 6.54 Å². The van der Waals surface area contributed by atoms with Crippen molar-refractivity contribution in [3.63, 3.8) is 0 Å². The third-order valence-electron chi connectivity index (χ3n) is 4.21. The first-order valence-corrected chi connectivity index (χ1v) is 9.47. The van der Waals surface area contributed by atoms with E-state index >= 15 is 0 Å². The molecule has 0 heterocycles.